The van der Waals surface area contributed by atoms with Crippen LogP contribution >= 0.6 is 11.3 Å². The number of rotatable bonds is 4. The molecule has 29 heavy (non-hydrogen) atoms. The van der Waals surface area contributed by atoms with E-state index < -0.39 is 5.97 Å². The summed E-state index contributed by atoms with van der Waals surface area (Å²) in [6, 6.07) is 15.6. The number of benzene rings is 2. The van der Waals surface area contributed by atoms with Gasteiger partial charge in [0.2, 0.25) is 5.95 Å². The highest BCUT2D eigenvalue weighted by atomic mass is 32.1. The number of carbonyl (C=O) groups is 1. The van der Waals surface area contributed by atoms with Crippen molar-refractivity contribution in [2.45, 2.75) is 0 Å². The number of hydrogen-bond acceptors (Lipinski definition) is 7. The van der Waals surface area contributed by atoms with Crippen molar-refractivity contribution in [1.82, 2.24) is 20.2 Å². The maximum atomic E-state index is 11.2. The third-order valence-electron chi connectivity index (χ3n) is 4.47. The lowest BCUT2D eigenvalue weighted by Crippen LogP contribution is -2.07. The first-order valence-corrected chi connectivity index (χ1v) is 9.49. The zero-order chi connectivity index (χ0) is 20.0. The van der Waals surface area contributed by atoms with Crippen LogP contribution in [0.5, 0.6) is 0 Å². The van der Waals surface area contributed by atoms with Crippen molar-refractivity contribution in [2.24, 2.45) is 0 Å². The number of nitrogens with two attached hydrogens (primary N) is 1. The second kappa shape index (κ2) is 6.57. The molecular formula is C20H14N6O2S. The van der Waals surface area contributed by atoms with Crippen LogP contribution in [0.2, 0.25) is 0 Å². The minimum atomic E-state index is -1.17. The van der Waals surface area contributed by atoms with E-state index in [9.17, 15) is 9.90 Å². The van der Waals surface area contributed by atoms with Crippen LogP contribution in [0.25, 0.3) is 31.4 Å². The van der Waals surface area contributed by atoms with Crippen molar-refractivity contribution in [3.63, 3.8) is 0 Å². The lowest BCUT2D eigenvalue weighted by molar-refractivity contribution is 0.0690. The van der Waals surface area contributed by atoms with Gasteiger partial charge in [-0.3, -0.25) is 5.10 Å². The van der Waals surface area contributed by atoms with Crippen LogP contribution in [0, 0.1) is 0 Å². The normalized spacial score (nSPS) is 11.2. The molecule has 0 amide bonds. The van der Waals surface area contributed by atoms with E-state index in [-0.39, 0.29) is 11.6 Å². The van der Waals surface area contributed by atoms with Gasteiger partial charge in [-0.05, 0) is 29.7 Å². The molecule has 9 heteroatoms. The highest BCUT2D eigenvalue weighted by Crippen LogP contribution is 2.38. The summed E-state index contributed by atoms with van der Waals surface area (Å²) < 4.78 is 1.20. The fraction of sp³-hybridized carbons (Fsp3) is 0. The highest BCUT2D eigenvalue weighted by molar-refractivity contribution is 7.22. The minimum Gasteiger partial charge on any atom is -0.477 e. The third-order valence-corrected chi connectivity index (χ3v) is 5.62. The molecular weight excluding hydrogens is 388 g/mol. The van der Waals surface area contributed by atoms with Crippen molar-refractivity contribution in [2.75, 3.05) is 11.1 Å². The molecule has 142 valence electrons. The van der Waals surface area contributed by atoms with Gasteiger partial charge in [0.25, 0.3) is 0 Å². The molecule has 2 aromatic carbocycles. The van der Waals surface area contributed by atoms with Crippen LogP contribution in [0.4, 0.5) is 17.5 Å². The standard InChI is InChI=1S/C20H14N6O2S/c21-20-24-14(19(27)28)8-17(25-20)23-12-5-11-9-22-26-18(11)13(7-12)16-6-10-3-1-2-4-15(10)29-16/h1-9H,(H,22,26)(H,27,28)(H3,21,23,24,25). The number of H-pyrrole nitrogens is 1. The van der Waals surface area contributed by atoms with E-state index in [2.05, 4.69) is 43.7 Å². The number of nitrogen functional groups attached to an aromatic ring is 1. The maximum Gasteiger partial charge on any atom is 0.354 e. The molecule has 0 saturated carbocycles. The first-order chi connectivity index (χ1) is 14.1. The number of fused-ring (bicyclic) bond motifs is 2. The van der Waals surface area contributed by atoms with E-state index in [1.54, 1.807) is 17.5 Å². The number of aromatic amines is 1. The van der Waals surface area contributed by atoms with Gasteiger partial charge in [-0.1, -0.05) is 18.2 Å². The van der Waals surface area contributed by atoms with Crippen LogP contribution in [-0.4, -0.2) is 31.2 Å². The second-order valence-electron chi connectivity index (χ2n) is 6.43. The molecule has 0 unspecified atom stereocenters. The summed E-state index contributed by atoms with van der Waals surface area (Å²) in [5.74, 6) is -0.972. The number of thiophene rings is 1. The largest absolute Gasteiger partial charge is 0.477 e. The highest BCUT2D eigenvalue weighted by Gasteiger charge is 2.13. The summed E-state index contributed by atoms with van der Waals surface area (Å²) in [5, 5.41) is 21.6. The van der Waals surface area contributed by atoms with E-state index in [0.717, 1.165) is 27.0 Å². The number of aromatic carboxylic acids is 1. The molecule has 3 aromatic heterocycles. The van der Waals surface area contributed by atoms with E-state index in [1.807, 2.05) is 24.3 Å². The molecule has 0 aliphatic rings. The molecule has 0 aliphatic heterocycles. The Bertz CT molecular complexity index is 1360. The van der Waals surface area contributed by atoms with Crippen LogP contribution in [0.3, 0.4) is 0 Å². The number of carboxylic acids is 1. The quantitative estimate of drug-likeness (QED) is 0.353. The van der Waals surface area contributed by atoms with Crippen LogP contribution in [0.1, 0.15) is 10.5 Å². The number of anilines is 3. The molecule has 5 N–H and O–H groups in total. The molecule has 0 atom stereocenters. The summed E-state index contributed by atoms with van der Waals surface area (Å²) in [6.45, 7) is 0. The molecule has 5 aromatic rings. The van der Waals surface area contributed by atoms with E-state index >= 15 is 0 Å². The monoisotopic (exact) mass is 402 g/mol. The molecule has 0 bridgehead atoms. The van der Waals surface area contributed by atoms with Gasteiger partial charge in [0, 0.05) is 32.3 Å². The minimum absolute atomic E-state index is 0.110. The number of aromatic nitrogens is 4. The van der Waals surface area contributed by atoms with Crippen molar-refractivity contribution in [3.8, 4) is 10.4 Å². The fourth-order valence-electron chi connectivity index (χ4n) is 3.23. The Morgan fingerprint density at radius 2 is 1.97 bits per heavy atom. The van der Waals surface area contributed by atoms with Gasteiger partial charge in [-0.25, -0.2) is 9.78 Å². The summed E-state index contributed by atoms with van der Waals surface area (Å²) in [4.78, 5) is 20.1. The van der Waals surface area contributed by atoms with Gasteiger partial charge in [-0.2, -0.15) is 10.1 Å². The zero-order valence-corrected chi connectivity index (χ0v) is 15.7. The van der Waals surface area contributed by atoms with E-state index in [1.165, 1.54) is 16.2 Å². The van der Waals surface area contributed by atoms with Crippen molar-refractivity contribution >= 4 is 55.7 Å². The summed E-state index contributed by atoms with van der Waals surface area (Å²) >= 11 is 1.69. The molecule has 0 saturated heterocycles. The molecule has 0 fully saturated rings. The Morgan fingerprint density at radius 1 is 1.10 bits per heavy atom. The zero-order valence-electron chi connectivity index (χ0n) is 14.9. The van der Waals surface area contributed by atoms with E-state index in [0.29, 0.717) is 5.82 Å². The Hall–Kier alpha value is -3.98. The number of hydrogen-bond donors (Lipinski definition) is 4. The molecule has 5 rings (SSSR count). The Labute approximate surface area is 168 Å². The Kier molecular flexibility index (Phi) is 3.88. The molecule has 0 radical (unpaired) electrons. The molecule has 8 nitrogen and oxygen atoms in total. The average molecular weight is 402 g/mol. The third kappa shape index (κ3) is 3.13. The van der Waals surface area contributed by atoms with Gasteiger partial charge in [-0.15, -0.1) is 11.3 Å². The fourth-order valence-corrected chi connectivity index (χ4v) is 4.31. The van der Waals surface area contributed by atoms with Crippen LogP contribution < -0.4 is 11.1 Å². The number of carboxylic acid groups (broad SMARTS) is 1. The van der Waals surface area contributed by atoms with Gasteiger partial charge in [0.1, 0.15) is 5.82 Å². The average Bonchev–Trinajstić information content (AvgIpc) is 3.33. The van der Waals surface area contributed by atoms with Crippen molar-refractivity contribution in [1.29, 1.82) is 0 Å². The van der Waals surface area contributed by atoms with Crippen LogP contribution in [-0.2, 0) is 0 Å². The topological polar surface area (TPSA) is 130 Å². The van der Waals surface area contributed by atoms with Gasteiger partial charge in [0.15, 0.2) is 5.69 Å². The first kappa shape index (κ1) is 17.1. The molecule has 0 aliphatic carbocycles. The van der Waals surface area contributed by atoms with Gasteiger partial charge in [0.05, 0.1) is 11.7 Å². The molecule has 0 spiro atoms. The Balaban J connectivity index is 1.62. The van der Waals surface area contributed by atoms with E-state index in [4.69, 9.17) is 5.73 Å². The summed E-state index contributed by atoms with van der Waals surface area (Å²) in [7, 11) is 0. The SMILES string of the molecule is Nc1nc(Nc2cc(-c3cc4ccccc4s3)c3[nH]ncc3c2)cc(C(=O)O)n1. The lowest BCUT2D eigenvalue weighted by Gasteiger charge is -2.09. The predicted molar refractivity (Wildman–Crippen MR) is 114 cm³/mol. The van der Waals surface area contributed by atoms with Gasteiger partial charge >= 0.3 is 5.97 Å². The number of nitrogens with zero attached hydrogens (tertiary/aromatic N) is 3. The first-order valence-electron chi connectivity index (χ1n) is 8.68. The summed E-state index contributed by atoms with van der Waals surface area (Å²) in [6.07, 6.45) is 1.74. The number of nitrogens with one attached hydrogen (secondary N) is 2. The van der Waals surface area contributed by atoms with Crippen molar-refractivity contribution < 1.29 is 9.90 Å². The lowest BCUT2D eigenvalue weighted by atomic mass is 10.1. The van der Waals surface area contributed by atoms with Crippen LogP contribution in [0.15, 0.2) is 54.7 Å². The van der Waals surface area contributed by atoms with Gasteiger partial charge < -0.3 is 16.2 Å². The Morgan fingerprint density at radius 3 is 2.79 bits per heavy atom. The summed E-state index contributed by atoms with van der Waals surface area (Å²) in [5.41, 5.74) is 8.13. The van der Waals surface area contributed by atoms with Crippen molar-refractivity contribution in [3.05, 3.63) is 60.4 Å². The second-order valence-corrected chi connectivity index (χ2v) is 7.52. The smallest absolute Gasteiger partial charge is 0.354 e. The predicted octanol–water partition coefficient (Wildman–Crippen LogP) is 4.26. The maximum absolute atomic E-state index is 11.2. The molecule has 3 heterocycles.